The van der Waals surface area contributed by atoms with Crippen LogP contribution in [0.5, 0.6) is 0 Å². The molecule has 0 atom stereocenters. The van der Waals surface area contributed by atoms with Gasteiger partial charge in [-0.25, -0.2) is 0 Å². The topological polar surface area (TPSA) is 46.2 Å². The predicted octanol–water partition coefficient (Wildman–Crippen LogP) is 3.90. The van der Waals surface area contributed by atoms with Crippen LogP contribution in [0.2, 0.25) is 0 Å². The van der Waals surface area contributed by atoms with Crippen molar-refractivity contribution in [1.29, 1.82) is 0 Å². The van der Waals surface area contributed by atoms with Crippen molar-refractivity contribution in [3.63, 3.8) is 0 Å². The van der Waals surface area contributed by atoms with Crippen molar-refractivity contribution >= 4 is 28.7 Å². The second-order valence-corrected chi connectivity index (χ2v) is 4.69. The van der Waals surface area contributed by atoms with E-state index in [1.807, 2.05) is 42.5 Å². The third-order valence-corrected chi connectivity index (χ3v) is 3.35. The summed E-state index contributed by atoms with van der Waals surface area (Å²) >= 11 is 0. The van der Waals surface area contributed by atoms with E-state index in [9.17, 15) is 9.59 Å². The summed E-state index contributed by atoms with van der Waals surface area (Å²) in [7, 11) is 0. The van der Waals surface area contributed by atoms with Crippen molar-refractivity contribution in [2.45, 2.75) is 0 Å². The second-order valence-electron chi connectivity index (χ2n) is 4.69. The number of rotatable bonds is 3. The second kappa shape index (κ2) is 5.59. The summed E-state index contributed by atoms with van der Waals surface area (Å²) in [5.74, 6) is -0.191. The molecule has 0 aromatic heterocycles. The van der Waals surface area contributed by atoms with E-state index in [0.29, 0.717) is 16.8 Å². The Hall–Kier alpha value is -2.94. The lowest BCUT2D eigenvalue weighted by atomic mass is 10.0. The maximum absolute atomic E-state index is 12.3. The van der Waals surface area contributed by atoms with Gasteiger partial charge in [0.05, 0.1) is 0 Å². The number of aldehydes is 1. The number of fused-ring (bicyclic) bond motifs is 1. The molecule has 0 unspecified atom stereocenters. The van der Waals surface area contributed by atoms with Crippen LogP contribution in [0, 0.1) is 0 Å². The van der Waals surface area contributed by atoms with Crippen LogP contribution in [0.3, 0.4) is 0 Å². The van der Waals surface area contributed by atoms with Crippen LogP contribution < -0.4 is 5.32 Å². The lowest BCUT2D eigenvalue weighted by molar-refractivity contribution is 0.102. The quantitative estimate of drug-likeness (QED) is 0.737. The normalized spacial score (nSPS) is 10.3. The molecule has 3 nitrogen and oxygen atoms in total. The summed E-state index contributed by atoms with van der Waals surface area (Å²) in [6, 6.07) is 20.1. The van der Waals surface area contributed by atoms with E-state index in [4.69, 9.17) is 0 Å². The van der Waals surface area contributed by atoms with Gasteiger partial charge in [-0.3, -0.25) is 9.59 Å². The third kappa shape index (κ3) is 2.54. The number of carbonyl (C=O) groups is 2. The van der Waals surface area contributed by atoms with Gasteiger partial charge in [-0.05, 0) is 23.6 Å². The van der Waals surface area contributed by atoms with E-state index in [0.717, 1.165) is 17.1 Å². The minimum atomic E-state index is -0.191. The first-order chi connectivity index (χ1) is 10.3. The van der Waals surface area contributed by atoms with E-state index in [1.54, 1.807) is 24.3 Å². The molecule has 1 amide bonds. The van der Waals surface area contributed by atoms with Gasteiger partial charge in [0, 0.05) is 22.2 Å². The minimum absolute atomic E-state index is 0.191. The van der Waals surface area contributed by atoms with Gasteiger partial charge in [0.1, 0.15) is 0 Å². The monoisotopic (exact) mass is 275 g/mol. The molecule has 0 aliphatic carbocycles. The average molecular weight is 275 g/mol. The maximum Gasteiger partial charge on any atom is 0.255 e. The first-order valence-corrected chi connectivity index (χ1v) is 6.63. The Kier molecular flexibility index (Phi) is 3.48. The molecule has 3 aromatic carbocycles. The van der Waals surface area contributed by atoms with E-state index in [1.165, 1.54) is 0 Å². The summed E-state index contributed by atoms with van der Waals surface area (Å²) in [5, 5.41) is 4.56. The molecule has 0 radical (unpaired) electrons. The molecular formula is C18H13NO2. The van der Waals surface area contributed by atoms with Crippen molar-refractivity contribution < 1.29 is 9.59 Å². The molecule has 0 heterocycles. The SMILES string of the molecule is O=Cc1cccc2cccc(NC(=O)c3ccccc3)c12. The lowest BCUT2D eigenvalue weighted by Crippen LogP contribution is -2.12. The zero-order chi connectivity index (χ0) is 14.7. The number of nitrogens with one attached hydrogen (secondary N) is 1. The van der Waals surface area contributed by atoms with Gasteiger partial charge in [-0.2, -0.15) is 0 Å². The van der Waals surface area contributed by atoms with Crippen LogP contribution in [-0.4, -0.2) is 12.2 Å². The Labute approximate surface area is 122 Å². The Balaban J connectivity index is 2.05. The molecule has 0 fully saturated rings. The van der Waals surface area contributed by atoms with Crippen molar-refractivity contribution in [3.05, 3.63) is 77.9 Å². The summed E-state index contributed by atoms with van der Waals surface area (Å²) < 4.78 is 0. The largest absolute Gasteiger partial charge is 0.321 e. The van der Waals surface area contributed by atoms with Gasteiger partial charge in [-0.1, -0.05) is 48.5 Å². The van der Waals surface area contributed by atoms with E-state index >= 15 is 0 Å². The molecule has 1 N–H and O–H groups in total. The number of anilines is 1. The molecular weight excluding hydrogens is 262 g/mol. The number of benzene rings is 3. The standard InChI is InChI=1S/C18H13NO2/c20-12-15-10-4-8-13-9-5-11-16(17(13)15)19-18(21)14-6-2-1-3-7-14/h1-12H,(H,19,21). The summed E-state index contributed by atoms with van der Waals surface area (Å²) in [6.07, 6.45) is 0.806. The fourth-order valence-electron chi connectivity index (χ4n) is 2.36. The van der Waals surface area contributed by atoms with Gasteiger partial charge >= 0.3 is 0 Å². The van der Waals surface area contributed by atoms with Crippen LogP contribution >= 0.6 is 0 Å². The molecule has 21 heavy (non-hydrogen) atoms. The van der Waals surface area contributed by atoms with E-state index in [2.05, 4.69) is 5.32 Å². The van der Waals surface area contributed by atoms with Crippen molar-refractivity contribution in [2.75, 3.05) is 5.32 Å². The van der Waals surface area contributed by atoms with Crippen LogP contribution in [0.15, 0.2) is 66.7 Å². The number of hydrogen-bond donors (Lipinski definition) is 1. The molecule has 0 saturated carbocycles. The van der Waals surface area contributed by atoms with Crippen LogP contribution in [0.25, 0.3) is 10.8 Å². The molecule has 0 spiro atoms. The molecule has 3 heteroatoms. The van der Waals surface area contributed by atoms with Crippen molar-refractivity contribution in [1.82, 2.24) is 0 Å². The molecule has 0 aliphatic heterocycles. The summed E-state index contributed by atoms with van der Waals surface area (Å²) in [4.78, 5) is 23.5. The molecule has 3 aromatic rings. The van der Waals surface area contributed by atoms with E-state index in [-0.39, 0.29) is 5.91 Å². The smallest absolute Gasteiger partial charge is 0.255 e. The summed E-state index contributed by atoms with van der Waals surface area (Å²) in [6.45, 7) is 0. The highest BCUT2D eigenvalue weighted by molar-refractivity contribution is 6.12. The minimum Gasteiger partial charge on any atom is -0.321 e. The van der Waals surface area contributed by atoms with Gasteiger partial charge in [0.15, 0.2) is 6.29 Å². The molecule has 0 bridgehead atoms. The Morgan fingerprint density at radius 1 is 0.857 bits per heavy atom. The highest BCUT2D eigenvalue weighted by Crippen LogP contribution is 2.26. The van der Waals surface area contributed by atoms with Crippen LogP contribution in [-0.2, 0) is 0 Å². The van der Waals surface area contributed by atoms with Crippen molar-refractivity contribution in [2.24, 2.45) is 0 Å². The van der Waals surface area contributed by atoms with Gasteiger partial charge in [0.2, 0.25) is 0 Å². The van der Waals surface area contributed by atoms with E-state index < -0.39 is 0 Å². The highest BCUT2D eigenvalue weighted by atomic mass is 16.1. The number of carbonyl (C=O) groups excluding carboxylic acids is 2. The van der Waals surface area contributed by atoms with Crippen LogP contribution in [0.1, 0.15) is 20.7 Å². The van der Waals surface area contributed by atoms with Crippen molar-refractivity contribution in [3.8, 4) is 0 Å². The van der Waals surface area contributed by atoms with Gasteiger partial charge in [-0.15, -0.1) is 0 Å². The Bertz CT molecular complexity index is 805. The number of amides is 1. The maximum atomic E-state index is 12.3. The fourth-order valence-corrected chi connectivity index (χ4v) is 2.36. The Morgan fingerprint density at radius 2 is 1.57 bits per heavy atom. The molecule has 0 saturated heterocycles. The highest BCUT2D eigenvalue weighted by Gasteiger charge is 2.10. The van der Waals surface area contributed by atoms with Gasteiger partial charge in [0.25, 0.3) is 5.91 Å². The molecule has 0 aliphatic rings. The van der Waals surface area contributed by atoms with Crippen LogP contribution in [0.4, 0.5) is 5.69 Å². The molecule has 102 valence electrons. The predicted molar refractivity (Wildman–Crippen MR) is 83.7 cm³/mol. The molecule has 3 rings (SSSR count). The summed E-state index contributed by atoms with van der Waals surface area (Å²) in [5.41, 5.74) is 1.79. The number of hydrogen-bond acceptors (Lipinski definition) is 2. The van der Waals surface area contributed by atoms with Gasteiger partial charge < -0.3 is 5.32 Å². The lowest BCUT2D eigenvalue weighted by Gasteiger charge is -2.10. The fraction of sp³-hybridized carbons (Fsp3) is 0. The zero-order valence-corrected chi connectivity index (χ0v) is 11.2. The average Bonchev–Trinajstić information content (AvgIpc) is 2.55. The zero-order valence-electron chi connectivity index (χ0n) is 11.2. The first-order valence-electron chi connectivity index (χ1n) is 6.63. The third-order valence-electron chi connectivity index (χ3n) is 3.35. The Morgan fingerprint density at radius 3 is 2.29 bits per heavy atom. The first kappa shape index (κ1) is 13.1.